The van der Waals surface area contributed by atoms with Crippen LogP contribution in [0.15, 0.2) is 53.5 Å². The Labute approximate surface area is 184 Å². The minimum atomic E-state index is -0.0540. The first-order valence-electron chi connectivity index (χ1n) is 10.7. The van der Waals surface area contributed by atoms with E-state index in [4.69, 9.17) is 9.47 Å². The van der Waals surface area contributed by atoms with Crippen LogP contribution < -0.4 is 25.4 Å². The van der Waals surface area contributed by atoms with Gasteiger partial charge < -0.3 is 25.4 Å². The Morgan fingerprint density at radius 1 is 0.935 bits per heavy atom. The number of aliphatic imine (C=N–C) groups is 1. The van der Waals surface area contributed by atoms with Crippen molar-refractivity contribution >= 4 is 11.9 Å². The molecule has 0 aromatic heterocycles. The Morgan fingerprint density at radius 3 is 1.97 bits per heavy atom. The second-order valence-electron chi connectivity index (χ2n) is 7.55. The van der Waals surface area contributed by atoms with E-state index in [1.165, 1.54) is 11.1 Å². The molecule has 3 rings (SSSR count). The van der Waals surface area contributed by atoms with Crippen LogP contribution in [0.2, 0.25) is 0 Å². The van der Waals surface area contributed by atoms with Gasteiger partial charge in [0.2, 0.25) is 0 Å². The zero-order chi connectivity index (χ0) is 21.9. The van der Waals surface area contributed by atoms with Crippen molar-refractivity contribution in [3.05, 3.63) is 59.7 Å². The van der Waals surface area contributed by atoms with Crippen molar-refractivity contribution < 1.29 is 14.3 Å². The minimum Gasteiger partial charge on any atom is -0.497 e. The van der Waals surface area contributed by atoms with Gasteiger partial charge in [-0.1, -0.05) is 24.3 Å². The predicted octanol–water partition coefficient (Wildman–Crippen LogP) is 2.30. The molecule has 3 N–H and O–H groups in total. The van der Waals surface area contributed by atoms with Gasteiger partial charge in [-0.15, -0.1) is 0 Å². The lowest BCUT2D eigenvalue weighted by atomic mass is 10.1. The maximum Gasteiger partial charge on any atom is 0.258 e. The molecule has 2 aromatic carbocycles. The summed E-state index contributed by atoms with van der Waals surface area (Å²) in [6.07, 6.45) is 3.93. The van der Waals surface area contributed by atoms with Gasteiger partial charge in [-0.05, 0) is 61.1 Å². The van der Waals surface area contributed by atoms with Gasteiger partial charge in [0.05, 0.1) is 7.11 Å². The van der Waals surface area contributed by atoms with Crippen LogP contribution in [0.5, 0.6) is 11.5 Å². The zero-order valence-corrected chi connectivity index (χ0v) is 18.3. The number of rotatable bonds is 11. The maximum absolute atomic E-state index is 11.7. The highest BCUT2D eigenvalue weighted by atomic mass is 16.5. The van der Waals surface area contributed by atoms with Gasteiger partial charge in [-0.2, -0.15) is 0 Å². The highest BCUT2D eigenvalue weighted by Gasteiger charge is 2.23. The van der Waals surface area contributed by atoms with Crippen molar-refractivity contribution in [1.29, 1.82) is 0 Å². The Balaban J connectivity index is 1.31. The molecule has 1 aliphatic rings. The van der Waals surface area contributed by atoms with Gasteiger partial charge in [0, 0.05) is 26.2 Å². The molecule has 0 saturated heterocycles. The topological polar surface area (TPSA) is 84.0 Å². The number of nitrogens with zero attached hydrogens (tertiary/aromatic N) is 1. The molecule has 1 saturated carbocycles. The lowest BCUT2D eigenvalue weighted by Gasteiger charge is -2.12. The van der Waals surface area contributed by atoms with E-state index >= 15 is 0 Å². The summed E-state index contributed by atoms with van der Waals surface area (Å²) in [6.45, 7) is 1.63. The molecule has 1 aliphatic carbocycles. The molecule has 0 bridgehead atoms. The largest absolute Gasteiger partial charge is 0.497 e. The van der Waals surface area contributed by atoms with Crippen LogP contribution in [0.25, 0.3) is 0 Å². The van der Waals surface area contributed by atoms with Gasteiger partial charge in [0.15, 0.2) is 12.6 Å². The summed E-state index contributed by atoms with van der Waals surface area (Å²) >= 11 is 0. The van der Waals surface area contributed by atoms with Crippen molar-refractivity contribution in [2.24, 2.45) is 4.99 Å². The first-order chi connectivity index (χ1) is 15.2. The number of hydrogen-bond acceptors (Lipinski definition) is 4. The van der Waals surface area contributed by atoms with Crippen LogP contribution in [0, 0.1) is 0 Å². The van der Waals surface area contributed by atoms with E-state index in [1.54, 1.807) is 14.2 Å². The second-order valence-corrected chi connectivity index (χ2v) is 7.55. The van der Waals surface area contributed by atoms with Crippen LogP contribution in [0.3, 0.4) is 0 Å². The van der Waals surface area contributed by atoms with Crippen LogP contribution in [0.1, 0.15) is 24.0 Å². The smallest absolute Gasteiger partial charge is 0.258 e. The van der Waals surface area contributed by atoms with E-state index in [9.17, 15) is 4.79 Å². The van der Waals surface area contributed by atoms with E-state index in [0.29, 0.717) is 11.8 Å². The zero-order valence-electron chi connectivity index (χ0n) is 18.3. The normalized spacial score (nSPS) is 13.4. The van der Waals surface area contributed by atoms with Crippen LogP contribution in [-0.2, 0) is 17.6 Å². The van der Waals surface area contributed by atoms with Crippen molar-refractivity contribution in [3.8, 4) is 11.5 Å². The number of carbonyl (C=O) groups is 1. The average Bonchev–Trinajstić information content (AvgIpc) is 3.62. The van der Waals surface area contributed by atoms with Gasteiger partial charge in [0.1, 0.15) is 11.5 Å². The monoisotopic (exact) mass is 424 g/mol. The number of guanidine groups is 1. The third-order valence-corrected chi connectivity index (χ3v) is 5.03. The molecule has 0 unspecified atom stereocenters. The molecule has 0 spiro atoms. The summed E-state index contributed by atoms with van der Waals surface area (Å²) in [5, 5.41) is 9.59. The molecule has 7 nitrogen and oxygen atoms in total. The van der Waals surface area contributed by atoms with Crippen molar-refractivity contribution in [3.63, 3.8) is 0 Å². The molecular formula is C24H32N4O3. The van der Waals surface area contributed by atoms with Crippen LogP contribution >= 0.6 is 0 Å². The summed E-state index contributed by atoms with van der Waals surface area (Å²) < 4.78 is 10.7. The van der Waals surface area contributed by atoms with E-state index in [-0.39, 0.29) is 12.5 Å². The van der Waals surface area contributed by atoms with Crippen molar-refractivity contribution in [1.82, 2.24) is 16.0 Å². The number of carbonyl (C=O) groups excluding carboxylic acids is 1. The molecule has 1 fully saturated rings. The van der Waals surface area contributed by atoms with Gasteiger partial charge in [-0.25, -0.2) is 0 Å². The fourth-order valence-corrected chi connectivity index (χ4v) is 3.06. The first kappa shape index (κ1) is 22.5. The van der Waals surface area contributed by atoms with Gasteiger partial charge in [0.25, 0.3) is 5.91 Å². The summed E-state index contributed by atoms with van der Waals surface area (Å²) in [7, 11) is 3.44. The predicted molar refractivity (Wildman–Crippen MR) is 123 cm³/mol. The first-order valence-corrected chi connectivity index (χ1v) is 10.7. The van der Waals surface area contributed by atoms with E-state index < -0.39 is 0 Å². The number of amides is 1. The molecule has 2 aromatic rings. The quantitative estimate of drug-likeness (QED) is 0.381. The van der Waals surface area contributed by atoms with Crippen LogP contribution in [0.4, 0.5) is 0 Å². The molecule has 166 valence electrons. The Kier molecular flexibility index (Phi) is 8.58. The van der Waals surface area contributed by atoms with Gasteiger partial charge >= 0.3 is 0 Å². The Bertz CT molecular complexity index is 846. The third kappa shape index (κ3) is 8.20. The highest BCUT2D eigenvalue weighted by Crippen LogP contribution is 2.18. The summed E-state index contributed by atoms with van der Waals surface area (Å²) in [4.78, 5) is 16.0. The number of methoxy groups -OCH3 is 1. The third-order valence-electron chi connectivity index (χ3n) is 5.03. The van der Waals surface area contributed by atoms with E-state index in [1.807, 2.05) is 36.4 Å². The van der Waals surface area contributed by atoms with Gasteiger partial charge in [-0.3, -0.25) is 9.79 Å². The second kappa shape index (κ2) is 11.8. The Hall–Kier alpha value is -3.22. The summed E-state index contributed by atoms with van der Waals surface area (Å²) in [5.41, 5.74) is 2.44. The molecule has 31 heavy (non-hydrogen) atoms. The molecule has 0 aliphatic heterocycles. The number of ether oxygens (including phenoxy) is 2. The highest BCUT2D eigenvalue weighted by molar-refractivity contribution is 5.79. The van der Waals surface area contributed by atoms with E-state index in [0.717, 1.165) is 50.5 Å². The molecule has 7 heteroatoms. The fraction of sp³-hybridized carbons (Fsp3) is 0.417. The molecule has 0 heterocycles. The fourth-order valence-electron chi connectivity index (χ4n) is 3.06. The molecule has 0 atom stereocenters. The lowest BCUT2D eigenvalue weighted by molar-refractivity contribution is -0.123. The summed E-state index contributed by atoms with van der Waals surface area (Å²) in [6, 6.07) is 16.3. The van der Waals surface area contributed by atoms with E-state index in [2.05, 4.69) is 33.1 Å². The molecule has 0 radical (unpaired) electrons. The lowest BCUT2D eigenvalue weighted by Crippen LogP contribution is -2.39. The number of nitrogens with one attached hydrogen (secondary N) is 3. The SMILES string of the molecule is CN=C(NCCc1ccc(OC)cc1)NCCc1ccc(OCC(=O)NC2CC2)cc1. The standard InChI is InChI=1S/C24H32N4O3/c1-25-24(26-15-13-18-3-9-21(30-2)10-4-18)27-16-14-19-5-11-22(12-6-19)31-17-23(29)28-20-7-8-20/h3-6,9-12,20H,7-8,13-17H2,1-2H3,(H,28,29)(H2,25,26,27). The van der Waals surface area contributed by atoms with Crippen LogP contribution in [-0.4, -0.2) is 51.8 Å². The van der Waals surface area contributed by atoms with Crippen molar-refractivity contribution in [2.45, 2.75) is 31.7 Å². The number of hydrogen-bond donors (Lipinski definition) is 3. The maximum atomic E-state index is 11.7. The molecule has 1 amide bonds. The molecular weight excluding hydrogens is 392 g/mol. The Morgan fingerprint density at radius 2 is 1.48 bits per heavy atom. The van der Waals surface area contributed by atoms with Crippen molar-refractivity contribution in [2.75, 3.05) is 33.9 Å². The summed E-state index contributed by atoms with van der Waals surface area (Å²) in [5.74, 6) is 2.31. The number of benzene rings is 2. The minimum absolute atomic E-state index is 0.0540. The average molecular weight is 425 g/mol.